The topological polar surface area (TPSA) is 21.1 Å². The molecule has 0 saturated heterocycles. The zero-order valence-corrected chi connectivity index (χ0v) is 10.3. The third-order valence-corrected chi connectivity index (χ3v) is 3.02. The first-order chi connectivity index (χ1) is 7.20. The summed E-state index contributed by atoms with van der Waals surface area (Å²) >= 11 is 0. The van der Waals surface area contributed by atoms with Crippen LogP contribution in [0, 0.1) is 0 Å². The Morgan fingerprint density at radius 3 is 2.47 bits per heavy atom. The minimum absolute atomic E-state index is 0.553. The van der Waals surface area contributed by atoms with Gasteiger partial charge in [-0.15, -0.1) is 0 Å². The molecule has 3 heteroatoms. The quantitative estimate of drug-likeness (QED) is 0.718. The van der Waals surface area contributed by atoms with E-state index in [9.17, 15) is 0 Å². The second-order valence-electron chi connectivity index (χ2n) is 4.31. The Morgan fingerprint density at radius 1 is 1.33 bits per heavy atom. The molecule has 1 heterocycles. The molecule has 86 valence electrons. The Morgan fingerprint density at radius 2 is 2.07 bits per heavy atom. The van der Waals surface area contributed by atoms with Gasteiger partial charge in [0.05, 0.1) is 12.4 Å². The summed E-state index contributed by atoms with van der Waals surface area (Å²) in [5.41, 5.74) is 0. The molecule has 0 bridgehead atoms. The van der Waals surface area contributed by atoms with Crippen LogP contribution in [-0.4, -0.2) is 34.6 Å². The van der Waals surface area contributed by atoms with E-state index in [1.54, 1.807) is 0 Å². The van der Waals surface area contributed by atoms with E-state index in [0.717, 1.165) is 0 Å². The lowest BCUT2D eigenvalue weighted by Crippen LogP contribution is -2.36. The molecular formula is C12H23N3. The van der Waals surface area contributed by atoms with Crippen LogP contribution in [0.25, 0.3) is 0 Å². The molecule has 2 unspecified atom stereocenters. The molecule has 15 heavy (non-hydrogen) atoms. The van der Waals surface area contributed by atoms with E-state index in [1.807, 2.05) is 12.5 Å². The number of hydrogen-bond acceptors (Lipinski definition) is 2. The van der Waals surface area contributed by atoms with Crippen LogP contribution >= 0.6 is 0 Å². The highest BCUT2D eigenvalue weighted by atomic mass is 15.2. The van der Waals surface area contributed by atoms with Crippen molar-refractivity contribution in [3.8, 4) is 0 Å². The fourth-order valence-corrected chi connectivity index (χ4v) is 2.28. The predicted molar refractivity (Wildman–Crippen MR) is 63.9 cm³/mol. The van der Waals surface area contributed by atoms with Crippen molar-refractivity contribution >= 4 is 0 Å². The molecule has 2 atom stereocenters. The van der Waals surface area contributed by atoms with Crippen molar-refractivity contribution in [1.29, 1.82) is 0 Å². The first-order valence-electron chi connectivity index (χ1n) is 5.84. The second kappa shape index (κ2) is 5.91. The third kappa shape index (κ3) is 3.06. The van der Waals surface area contributed by atoms with E-state index in [1.165, 1.54) is 19.3 Å². The van der Waals surface area contributed by atoms with Crippen LogP contribution in [0.15, 0.2) is 18.7 Å². The molecule has 0 amide bonds. The first kappa shape index (κ1) is 12.2. The number of rotatable bonds is 6. The Hall–Kier alpha value is -0.830. The highest BCUT2D eigenvalue weighted by Crippen LogP contribution is 2.23. The van der Waals surface area contributed by atoms with E-state index in [2.05, 4.69) is 48.6 Å². The van der Waals surface area contributed by atoms with Crippen LogP contribution in [0.5, 0.6) is 0 Å². The van der Waals surface area contributed by atoms with Crippen LogP contribution in [0.2, 0.25) is 0 Å². The van der Waals surface area contributed by atoms with Gasteiger partial charge in [0.2, 0.25) is 0 Å². The van der Waals surface area contributed by atoms with Gasteiger partial charge in [0.1, 0.15) is 0 Å². The van der Waals surface area contributed by atoms with Crippen LogP contribution in [0.1, 0.15) is 39.2 Å². The van der Waals surface area contributed by atoms with Gasteiger partial charge >= 0.3 is 0 Å². The summed E-state index contributed by atoms with van der Waals surface area (Å²) in [5.74, 6) is 0. The second-order valence-corrected chi connectivity index (χ2v) is 4.31. The molecule has 1 aromatic rings. The Balaban J connectivity index is 2.81. The molecule has 0 aliphatic carbocycles. The Kier molecular flexibility index (Phi) is 4.82. The van der Waals surface area contributed by atoms with Gasteiger partial charge in [-0.3, -0.25) is 0 Å². The smallest absolute Gasteiger partial charge is 0.0949 e. The third-order valence-electron chi connectivity index (χ3n) is 3.02. The molecule has 0 saturated carbocycles. The van der Waals surface area contributed by atoms with Gasteiger partial charge in [0, 0.05) is 18.4 Å². The first-order valence-corrected chi connectivity index (χ1v) is 5.84. The summed E-state index contributed by atoms with van der Waals surface area (Å²) in [6.07, 6.45) is 9.49. The largest absolute Gasteiger partial charge is 0.333 e. The van der Waals surface area contributed by atoms with Crippen molar-refractivity contribution < 1.29 is 0 Å². The van der Waals surface area contributed by atoms with Crippen molar-refractivity contribution in [3.05, 3.63) is 18.7 Å². The van der Waals surface area contributed by atoms with Crippen molar-refractivity contribution in [3.63, 3.8) is 0 Å². The summed E-state index contributed by atoms with van der Waals surface area (Å²) in [6.45, 7) is 4.50. The molecule has 0 N–H and O–H groups in total. The van der Waals surface area contributed by atoms with Crippen LogP contribution < -0.4 is 0 Å². The molecule has 1 aromatic heterocycles. The molecule has 0 spiro atoms. The van der Waals surface area contributed by atoms with E-state index in [0.29, 0.717) is 12.1 Å². The Labute approximate surface area is 93.1 Å². The van der Waals surface area contributed by atoms with Crippen LogP contribution in [0.4, 0.5) is 0 Å². The zero-order chi connectivity index (χ0) is 11.3. The maximum Gasteiger partial charge on any atom is 0.0949 e. The van der Waals surface area contributed by atoms with Crippen molar-refractivity contribution in [2.24, 2.45) is 0 Å². The standard InChI is InChI=1S/C12H23N3/c1-5-7-12(11(6-2)14(3)4)15-9-8-13-10-15/h8-12H,5-7H2,1-4H3. The number of imidazole rings is 1. The average molecular weight is 209 g/mol. The van der Waals surface area contributed by atoms with Gasteiger partial charge in [0.25, 0.3) is 0 Å². The average Bonchev–Trinajstić information content (AvgIpc) is 2.69. The van der Waals surface area contributed by atoms with Crippen LogP contribution in [0.3, 0.4) is 0 Å². The van der Waals surface area contributed by atoms with Crippen molar-refractivity contribution in [1.82, 2.24) is 14.5 Å². The van der Waals surface area contributed by atoms with Gasteiger partial charge < -0.3 is 9.47 Å². The molecule has 0 fully saturated rings. The molecule has 3 nitrogen and oxygen atoms in total. The fraction of sp³-hybridized carbons (Fsp3) is 0.750. The molecular weight excluding hydrogens is 186 g/mol. The minimum Gasteiger partial charge on any atom is -0.333 e. The number of hydrogen-bond donors (Lipinski definition) is 0. The van der Waals surface area contributed by atoms with E-state index < -0.39 is 0 Å². The number of likely N-dealkylation sites (N-methyl/N-ethyl adjacent to an activating group) is 1. The summed E-state index contributed by atoms with van der Waals surface area (Å²) in [5, 5.41) is 0. The maximum absolute atomic E-state index is 4.15. The van der Waals surface area contributed by atoms with Gasteiger partial charge in [0.15, 0.2) is 0 Å². The zero-order valence-electron chi connectivity index (χ0n) is 10.3. The fourth-order valence-electron chi connectivity index (χ4n) is 2.28. The molecule has 1 rings (SSSR count). The van der Waals surface area contributed by atoms with E-state index in [4.69, 9.17) is 0 Å². The molecule has 0 radical (unpaired) electrons. The molecule has 0 aliphatic heterocycles. The lowest BCUT2D eigenvalue weighted by molar-refractivity contribution is 0.195. The lowest BCUT2D eigenvalue weighted by atomic mass is 10.00. The van der Waals surface area contributed by atoms with Crippen molar-refractivity contribution in [2.75, 3.05) is 14.1 Å². The van der Waals surface area contributed by atoms with Gasteiger partial charge in [-0.25, -0.2) is 4.98 Å². The van der Waals surface area contributed by atoms with Crippen molar-refractivity contribution in [2.45, 2.75) is 45.2 Å². The lowest BCUT2D eigenvalue weighted by Gasteiger charge is -2.32. The minimum atomic E-state index is 0.553. The normalized spacial score (nSPS) is 15.5. The number of nitrogens with zero attached hydrogens (tertiary/aromatic N) is 3. The summed E-state index contributed by atoms with van der Waals surface area (Å²) < 4.78 is 2.25. The maximum atomic E-state index is 4.15. The summed E-state index contributed by atoms with van der Waals surface area (Å²) in [7, 11) is 4.32. The van der Waals surface area contributed by atoms with Gasteiger partial charge in [-0.1, -0.05) is 20.3 Å². The number of aromatic nitrogens is 2. The summed E-state index contributed by atoms with van der Waals surface area (Å²) in [6, 6.07) is 1.15. The Bertz CT molecular complexity index is 254. The van der Waals surface area contributed by atoms with Gasteiger partial charge in [-0.05, 0) is 26.9 Å². The van der Waals surface area contributed by atoms with Gasteiger partial charge in [-0.2, -0.15) is 0 Å². The highest BCUT2D eigenvalue weighted by molar-refractivity contribution is 4.86. The molecule has 0 aromatic carbocycles. The molecule has 0 aliphatic rings. The monoisotopic (exact) mass is 209 g/mol. The van der Waals surface area contributed by atoms with Crippen LogP contribution in [-0.2, 0) is 0 Å². The predicted octanol–water partition coefficient (Wildman–Crippen LogP) is 2.56. The summed E-state index contributed by atoms with van der Waals surface area (Å²) in [4.78, 5) is 6.47. The van der Waals surface area contributed by atoms with E-state index >= 15 is 0 Å². The van der Waals surface area contributed by atoms with E-state index in [-0.39, 0.29) is 0 Å². The highest BCUT2D eigenvalue weighted by Gasteiger charge is 2.22. The SMILES string of the molecule is CCCC(C(CC)N(C)C)n1ccnc1.